The number of rotatable bonds is 4. The van der Waals surface area contributed by atoms with Gasteiger partial charge in [-0.15, -0.1) is 0 Å². The average molecular weight is 751 g/mol. The molecule has 0 fully saturated rings. The lowest BCUT2D eigenvalue weighted by Gasteiger charge is -2.19. The molecule has 8 aromatic rings. The average Bonchev–Trinajstić information content (AvgIpc) is 3.72. The highest BCUT2D eigenvalue weighted by Crippen LogP contribution is 2.41. The largest absolute Gasteiger partial charge is 0.416 e. The van der Waals surface area contributed by atoms with Crippen molar-refractivity contribution < 1.29 is 26.3 Å². The topological polar surface area (TPSA) is 83.2 Å². The molecule has 4 heterocycles. The minimum absolute atomic E-state index is 0.0702. The van der Waals surface area contributed by atoms with Gasteiger partial charge in [0.15, 0.2) is 0 Å². The Morgan fingerprint density at radius 3 is 1.82 bits per heavy atom. The summed E-state index contributed by atoms with van der Waals surface area (Å²) in [5.41, 5.74) is 6.77. The van der Waals surface area contributed by atoms with Gasteiger partial charge in [0.25, 0.3) is 0 Å². The molecule has 0 aliphatic heterocycles. The van der Waals surface area contributed by atoms with Gasteiger partial charge in [-0.05, 0) is 132 Å². The zero-order valence-corrected chi connectivity index (χ0v) is 28.9. The quantitative estimate of drug-likeness (QED) is 0.168. The fourth-order valence-electron chi connectivity index (χ4n) is 7.74. The zero-order chi connectivity index (χ0) is 38.9. The SMILES string of the molecule is N#Cc1cc(C2=Cc3c(n(-c4cccc(-n5c6ccc(-c7cc(C#N)cc(C(F)(F)F)c7)cc6c6ncccc65)c4)c4cccnc34)CC2)cc(C(F)(F)F)c1. The molecule has 0 saturated carbocycles. The Bertz CT molecular complexity index is 3040. The van der Waals surface area contributed by atoms with E-state index in [1.165, 1.54) is 12.1 Å². The number of hydrogen-bond donors (Lipinski definition) is 0. The molecule has 0 spiro atoms. The number of benzene rings is 4. The van der Waals surface area contributed by atoms with Crippen LogP contribution in [0.3, 0.4) is 0 Å². The van der Waals surface area contributed by atoms with E-state index in [2.05, 4.69) is 14.5 Å². The second-order valence-corrected chi connectivity index (χ2v) is 13.5. The van der Waals surface area contributed by atoms with Crippen molar-refractivity contribution in [2.24, 2.45) is 0 Å². The van der Waals surface area contributed by atoms with Crippen LogP contribution in [0.5, 0.6) is 0 Å². The first kappa shape index (κ1) is 34.6. The molecular formula is C44H24F6N6. The predicted molar refractivity (Wildman–Crippen MR) is 201 cm³/mol. The number of hydrogen-bond acceptors (Lipinski definition) is 4. The van der Waals surface area contributed by atoms with Gasteiger partial charge in [-0.3, -0.25) is 9.97 Å². The Morgan fingerprint density at radius 1 is 0.554 bits per heavy atom. The lowest BCUT2D eigenvalue weighted by Crippen LogP contribution is -2.08. The van der Waals surface area contributed by atoms with Crippen LogP contribution in [0.4, 0.5) is 26.3 Å². The summed E-state index contributed by atoms with van der Waals surface area (Å²) < 4.78 is 86.7. The van der Waals surface area contributed by atoms with Crippen molar-refractivity contribution in [3.63, 3.8) is 0 Å². The summed E-state index contributed by atoms with van der Waals surface area (Å²) >= 11 is 0. The van der Waals surface area contributed by atoms with Crippen molar-refractivity contribution in [2.45, 2.75) is 25.2 Å². The molecule has 4 aromatic heterocycles. The second-order valence-electron chi connectivity index (χ2n) is 13.5. The maximum absolute atomic E-state index is 13.8. The van der Waals surface area contributed by atoms with Crippen molar-refractivity contribution >= 4 is 44.6 Å². The highest BCUT2D eigenvalue weighted by Gasteiger charge is 2.33. The van der Waals surface area contributed by atoms with E-state index in [4.69, 9.17) is 0 Å². The van der Waals surface area contributed by atoms with Crippen molar-refractivity contribution in [1.82, 2.24) is 19.1 Å². The van der Waals surface area contributed by atoms with Crippen LogP contribution in [0.15, 0.2) is 116 Å². The first-order chi connectivity index (χ1) is 26.9. The highest BCUT2D eigenvalue weighted by molar-refractivity contribution is 6.08. The van der Waals surface area contributed by atoms with Crippen LogP contribution in [0.2, 0.25) is 0 Å². The summed E-state index contributed by atoms with van der Waals surface area (Å²) in [5, 5.41) is 19.7. The van der Waals surface area contributed by atoms with Crippen LogP contribution in [-0.4, -0.2) is 19.1 Å². The fourth-order valence-corrected chi connectivity index (χ4v) is 7.74. The van der Waals surface area contributed by atoms with Gasteiger partial charge in [0.1, 0.15) is 0 Å². The molecule has 1 aliphatic rings. The number of halogens is 6. The van der Waals surface area contributed by atoms with E-state index >= 15 is 0 Å². The van der Waals surface area contributed by atoms with E-state index < -0.39 is 23.5 Å². The molecule has 0 saturated heterocycles. The van der Waals surface area contributed by atoms with E-state index in [9.17, 15) is 36.9 Å². The van der Waals surface area contributed by atoms with E-state index in [1.807, 2.05) is 77.4 Å². The molecule has 0 unspecified atom stereocenters. The van der Waals surface area contributed by atoms with Crippen molar-refractivity contribution in [2.75, 3.05) is 0 Å². The van der Waals surface area contributed by atoms with E-state index in [0.717, 1.165) is 63.4 Å². The molecular weight excluding hydrogens is 727 g/mol. The van der Waals surface area contributed by atoms with Gasteiger partial charge in [-0.2, -0.15) is 36.9 Å². The Balaban J connectivity index is 1.18. The number of nitriles is 2. The molecule has 0 bridgehead atoms. The summed E-state index contributed by atoms with van der Waals surface area (Å²) in [4.78, 5) is 9.35. The summed E-state index contributed by atoms with van der Waals surface area (Å²) in [6.45, 7) is 0. The number of pyridine rings is 2. The number of alkyl halides is 6. The van der Waals surface area contributed by atoms with Crippen molar-refractivity contribution in [3.8, 4) is 34.6 Å². The molecule has 4 aromatic carbocycles. The van der Waals surface area contributed by atoms with Gasteiger partial charge in [0.05, 0.1) is 62.0 Å². The van der Waals surface area contributed by atoms with Crippen LogP contribution in [0.1, 0.15) is 45.5 Å². The Kier molecular flexibility index (Phi) is 7.85. The van der Waals surface area contributed by atoms with Gasteiger partial charge in [0.2, 0.25) is 0 Å². The summed E-state index contributed by atoms with van der Waals surface area (Å²) in [6.07, 6.45) is -3.12. The molecule has 0 N–H and O–H groups in total. The highest BCUT2D eigenvalue weighted by atomic mass is 19.4. The molecule has 9 rings (SSSR count). The van der Waals surface area contributed by atoms with Crippen LogP contribution in [-0.2, 0) is 18.8 Å². The molecule has 0 amide bonds. The molecule has 272 valence electrons. The molecule has 1 aliphatic carbocycles. The maximum Gasteiger partial charge on any atom is 0.416 e. The van der Waals surface area contributed by atoms with Crippen LogP contribution >= 0.6 is 0 Å². The first-order valence-corrected chi connectivity index (χ1v) is 17.4. The lowest BCUT2D eigenvalue weighted by atomic mass is 9.90. The van der Waals surface area contributed by atoms with E-state index in [1.54, 1.807) is 24.5 Å². The number of nitrogens with zero attached hydrogens (tertiary/aromatic N) is 6. The Hall–Kier alpha value is -7.18. The molecule has 56 heavy (non-hydrogen) atoms. The minimum Gasteiger partial charge on any atom is -0.311 e. The van der Waals surface area contributed by atoms with Crippen LogP contribution in [0, 0.1) is 22.7 Å². The lowest BCUT2D eigenvalue weighted by molar-refractivity contribution is -0.138. The predicted octanol–water partition coefficient (Wildman–Crippen LogP) is 11.5. The van der Waals surface area contributed by atoms with E-state index in [0.29, 0.717) is 46.0 Å². The molecule has 0 radical (unpaired) electrons. The molecule has 0 atom stereocenters. The summed E-state index contributed by atoms with van der Waals surface area (Å²) in [5.74, 6) is 0. The van der Waals surface area contributed by atoms with Gasteiger partial charge in [0, 0.05) is 40.4 Å². The molecule has 6 nitrogen and oxygen atoms in total. The zero-order valence-electron chi connectivity index (χ0n) is 28.9. The third-order valence-corrected chi connectivity index (χ3v) is 10.2. The van der Waals surface area contributed by atoms with Gasteiger partial charge >= 0.3 is 12.4 Å². The van der Waals surface area contributed by atoms with E-state index in [-0.39, 0.29) is 16.7 Å². The number of fused-ring (bicyclic) bond motifs is 6. The normalized spacial score (nSPS) is 13.1. The Labute approximate surface area is 314 Å². The van der Waals surface area contributed by atoms with Crippen molar-refractivity contribution in [1.29, 1.82) is 10.5 Å². The first-order valence-electron chi connectivity index (χ1n) is 17.4. The van der Waals surface area contributed by atoms with Crippen molar-refractivity contribution in [3.05, 3.63) is 155 Å². The fraction of sp³-hybridized carbons (Fsp3) is 0.0909. The summed E-state index contributed by atoms with van der Waals surface area (Å²) in [7, 11) is 0. The minimum atomic E-state index is -4.63. The smallest absolute Gasteiger partial charge is 0.311 e. The van der Waals surface area contributed by atoms with Gasteiger partial charge in [-0.25, -0.2) is 0 Å². The summed E-state index contributed by atoms with van der Waals surface area (Å²) in [6, 6.07) is 31.1. The van der Waals surface area contributed by atoms with Gasteiger partial charge in [-0.1, -0.05) is 12.1 Å². The second kappa shape index (κ2) is 12.7. The standard InChI is InChI=1S/C44H24F6N6/c45-43(46,47)31-16-25(23-51)14-29(18-31)27-8-10-37-35(20-27)41-39(6-2-12-53-41)55(37)33-4-1-5-34(22-33)56-38-11-9-28(21-36(38)42-40(56)7-3-13-54-42)30-15-26(24-52)17-32(19-30)44(48,49)50/h1-8,10,12-22H,9,11H2. The Morgan fingerprint density at radius 2 is 1.16 bits per heavy atom. The molecule has 12 heteroatoms. The monoisotopic (exact) mass is 750 g/mol. The van der Waals surface area contributed by atoms with Crippen LogP contribution in [0.25, 0.3) is 67.1 Å². The van der Waals surface area contributed by atoms with Crippen LogP contribution < -0.4 is 0 Å². The maximum atomic E-state index is 13.8. The number of aromatic nitrogens is 4. The third kappa shape index (κ3) is 5.74. The third-order valence-electron chi connectivity index (χ3n) is 10.2. The number of allylic oxidation sites excluding steroid dienone is 1. The van der Waals surface area contributed by atoms with Gasteiger partial charge < -0.3 is 9.13 Å².